The van der Waals surface area contributed by atoms with Crippen LogP contribution in [0.1, 0.15) is 11.1 Å². The molecular formula is C15H16BrNS. The summed E-state index contributed by atoms with van der Waals surface area (Å²) in [7, 11) is 0. The van der Waals surface area contributed by atoms with Gasteiger partial charge in [0.25, 0.3) is 0 Å². The van der Waals surface area contributed by atoms with Crippen LogP contribution in [0.25, 0.3) is 0 Å². The van der Waals surface area contributed by atoms with Crippen LogP contribution in [-0.2, 0) is 6.42 Å². The minimum atomic E-state index is 0.691. The summed E-state index contributed by atoms with van der Waals surface area (Å²) < 4.78 is 1.14. The minimum Gasteiger partial charge on any atom is -0.330 e. The summed E-state index contributed by atoms with van der Waals surface area (Å²) in [5.74, 6) is 0. The normalized spacial score (nSPS) is 10.6. The highest BCUT2D eigenvalue weighted by Crippen LogP contribution is 2.35. The number of nitrogens with two attached hydrogens (primary N) is 1. The Morgan fingerprint density at radius 2 is 1.89 bits per heavy atom. The summed E-state index contributed by atoms with van der Waals surface area (Å²) in [6.07, 6.45) is 0.925. The van der Waals surface area contributed by atoms with E-state index in [0.29, 0.717) is 6.54 Å². The molecular weight excluding hydrogens is 306 g/mol. The van der Waals surface area contributed by atoms with Gasteiger partial charge in [0, 0.05) is 14.3 Å². The van der Waals surface area contributed by atoms with Crippen molar-refractivity contribution in [2.24, 2.45) is 5.73 Å². The molecule has 0 aliphatic heterocycles. The Hall–Kier alpha value is -0.770. The predicted octanol–water partition coefficient (Wildman–Crippen LogP) is 4.41. The third kappa shape index (κ3) is 3.37. The van der Waals surface area contributed by atoms with Gasteiger partial charge in [-0.25, -0.2) is 0 Å². The average Bonchev–Trinajstić information content (AvgIpc) is 2.35. The van der Waals surface area contributed by atoms with Gasteiger partial charge in [-0.2, -0.15) is 0 Å². The largest absolute Gasteiger partial charge is 0.330 e. The molecule has 0 atom stereocenters. The summed E-state index contributed by atoms with van der Waals surface area (Å²) in [6, 6.07) is 14.9. The van der Waals surface area contributed by atoms with Crippen molar-refractivity contribution in [2.45, 2.75) is 23.1 Å². The van der Waals surface area contributed by atoms with Crippen LogP contribution in [0.15, 0.2) is 56.7 Å². The first kappa shape index (κ1) is 13.7. The molecule has 0 amide bonds. The topological polar surface area (TPSA) is 26.0 Å². The SMILES string of the molecule is Cc1ccccc1Sc1ccc(CCN)cc1Br. The van der Waals surface area contributed by atoms with Crippen molar-refractivity contribution in [1.29, 1.82) is 0 Å². The van der Waals surface area contributed by atoms with Crippen molar-refractivity contribution in [3.05, 3.63) is 58.1 Å². The van der Waals surface area contributed by atoms with Gasteiger partial charge in [0.15, 0.2) is 0 Å². The van der Waals surface area contributed by atoms with E-state index in [0.717, 1.165) is 10.9 Å². The summed E-state index contributed by atoms with van der Waals surface area (Å²) >= 11 is 5.43. The summed E-state index contributed by atoms with van der Waals surface area (Å²) in [4.78, 5) is 2.54. The van der Waals surface area contributed by atoms with Crippen LogP contribution in [0.5, 0.6) is 0 Å². The van der Waals surface area contributed by atoms with E-state index in [1.807, 2.05) is 0 Å². The Morgan fingerprint density at radius 1 is 1.11 bits per heavy atom. The molecule has 0 radical (unpaired) electrons. The van der Waals surface area contributed by atoms with Gasteiger partial charge >= 0.3 is 0 Å². The molecule has 18 heavy (non-hydrogen) atoms. The van der Waals surface area contributed by atoms with E-state index in [4.69, 9.17) is 5.73 Å². The van der Waals surface area contributed by atoms with Gasteiger partial charge in [0.1, 0.15) is 0 Å². The zero-order chi connectivity index (χ0) is 13.0. The molecule has 0 saturated carbocycles. The van der Waals surface area contributed by atoms with E-state index in [1.54, 1.807) is 11.8 Å². The molecule has 2 aromatic rings. The molecule has 0 fully saturated rings. The maximum absolute atomic E-state index is 5.57. The van der Waals surface area contributed by atoms with Crippen LogP contribution < -0.4 is 5.73 Å². The van der Waals surface area contributed by atoms with Crippen molar-refractivity contribution >= 4 is 27.7 Å². The fourth-order valence-corrected chi connectivity index (χ4v) is 3.31. The second-order valence-electron chi connectivity index (χ2n) is 4.17. The van der Waals surface area contributed by atoms with Gasteiger partial charge in [0.05, 0.1) is 0 Å². The third-order valence-corrected chi connectivity index (χ3v) is 4.92. The summed E-state index contributed by atoms with van der Waals surface area (Å²) in [5.41, 5.74) is 8.15. The second kappa shape index (κ2) is 6.41. The number of hydrogen-bond donors (Lipinski definition) is 1. The van der Waals surface area contributed by atoms with E-state index < -0.39 is 0 Å². The lowest BCUT2D eigenvalue weighted by molar-refractivity contribution is 0.965. The Morgan fingerprint density at radius 3 is 2.56 bits per heavy atom. The smallest absolute Gasteiger partial charge is 0.0317 e. The van der Waals surface area contributed by atoms with Gasteiger partial charge in [-0.3, -0.25) is 0 Å². The highest BCUT2D eigenvalue weighted by atomic mass is 79.9. The molecule has 2 aromatic carbocycles. The lowest BCUT2D eigenvalue weighted by Gasteiger charge is -2.08. The molecule has 94 valence electrons. The van der Waals surface area contributed by atoms with E-state index in [-0.39, 0.29) is 0 Å². The van der Waals surface area contributed by atoms with Gasteiger partial charge < -0.3 is 5.73 Å². The van der Waals surface area contributed by atoms with Crippen LogP contribution in [0.3, 0.4) is 0 Å². The molecule has 0 aromatic heterocycles. The van der Waals surface area contributed by atoms with Crippen molar-refractivity contribution in [2.75, 3.05) is 6.54 Å². The van der Waals surface area contributed by atoms with Gasteiger partial charge in [-0.15, -0.1) is 0 Å². The predicted molar refractivity (Wildman–Crippen MR) is 82.2 cm³/mol. The molecule has 2 N–H and O–H groups in total. The van der Waals surface area contributed by atoms with E-state index >= 15 is 0 Å². The molecule has 2 rings (SSSR count). The first-order chi connectivity index (χ1) is 8.70. The standard InChI is InChI=1S/C15H16BrNS/c1-11-4-2-3-5-14(11)18-15-7-6-12(8-9-17)10-13(15)16/h2-7,10H,8-9,17H2,1H3. The minimum absolute atomic E-state index is 0.691. The number of benzene rings is 2. The van der Waals surface area contributed by atoms with Crippen molar-refractivity contribution < 1.29 is 0 Å². The molecule has 0 unspecified atom stereocenters. The monoisotopic (exact) mass is 321 g/mol. The molecule has 0 spiro atoms. The Balaban J connectivity index is 2.22. The maximum atomic E-state index is 5.57. The Labute approximate surface area is 121 Å². The Bertz CT molecular complexity index is 540. The lowest BCUT2D eigenvalue weighted by Crippen LogP contribution is -2.02. The summed E-state index contributed by atoms with van der Waals surface area (Å²) in [5, 5.41) is 0. The van der Waals surface area contributed by atoms with Crippen LogP contribution in [0, 0.1) is 6.92 Å². The number of halogens is 1. The highest BCUT2D eigenvalue weighted by molar-refractivity contribution is 9.10. The van der Waals surface area contributed by atoms with Crippen LogP contribution in [0.2, 0.25) is 0 Å². The zero-order valence-corrected chi connectivity index (χ0v) is 12.7. The number of hydrogen-bond acceptors (Lipinski definition) is 2. The fourth-order valence-electron chi connectivity index (χ4n) is 1.74. The molecule has 0 saturated heterocycles. The zero-order valence-electron chi connectivity index (χ0n) is 10.3. The molecule has 1 nitrogen and oxygen atoms in total. The van der Waals surface area contributed by atoms with Gasteiger partial charge in [-0.05, 0) is 65.1 Å². The first-order valence-electron chi connectivity index (χ1n) is 5.92. The first-order valence-corrected chi connectivity index (χ1v) is 7.53. The van der Waals surface area contributed by atoms with E-state index in [1.165, 1.54) is 20.9 Å². The Kier molecular flexibility index (Phi) is 4.87. The second-order valence-corrected chi connectivity index (χ2v) is 6.11. The molecule has 0 heterocycles. The average molecular weight is 322 g/mol. The van der Waals surface area contributed by atoms with Crippen LogP contribution in [0.4, 0.5) is 0 Å². The lowest BCUT2D eigenvalue weighted by atomic mass is 10.2. The highest BCUT2D eigenvalue weighted by Gasteiger charge is 2.05. The molecule has 0 bridgehead atoms. The van der Waals surface area contributed by atoms with E-state index in [2.05, 4.69) is 65.3 Å². The van der Waals surface area contributed by atoms with Crippen molar-refractivity contribution in [3.8, 4) is 0 Å². The molecule has 0 aliphatic carbocycles. The number of rotatable bonds is 4. The quantitative estimate of drug-likeness (QED) is 0.902. The van der Waals surface area contributed by atoms with Crippen LogP contribution >= 0.6 is 27.7 Å². The maximum Gasteiger partial charge on any atom is 0.0317 e. The van der Waals surface area contributed by atoms with Gasteiger partial charge in [0.2, 0.25) is 0 Å². The third-order valence-electron chi connectivity index (χ3n) is 2.74. The molecule has 3 heteroatoms. The summed E-state index contributed by atoms with van der Waals surface area (Å²) in [6.45, 7) is 2.83. The number of aryl methyl sites for hydroxylation is 1. The van der Waals surface area contributed by atoms with Crippen molar-refractivity contribution in [1.82, 2.24) is 0 Å². The van der Waals surface area contributed by atoms with Crippen LogP contribution in [-0.4, -0.2) is 6.54 Å². The van der Waals surface area contributed by atoms with E-state index in [9.17, 15) is 0 Å². The fraction of sp³-hybridized carbons (Fsp3) is 0.200. The van der Waals surface area contributed by atoms with Crippen molar-refractivity contribution in [3.63, 3.8) is 0 Å². The molecule has 0 aliphatic rings. The van der Waals surface area contributed by atoms with Gasteiger partial charge in [-0.1, -0.05) is 36.0 Å².